The summed E-state index contributed by atoms with van der Waals surface area (Å²) in [5.41, 5.74) is 2.43. The molecule has 0 fully saturated rings. The summed E-state index contributed by atoms with van der Waals surface area (Å²) >= 11 is 0. The summed E-state index contributed by atoms with van der Waals surface area (Å²) in [6.45, 7) is -0.0241. The minimum absolute atomic E-state index is 0.0241. The zero-order valence-corrected chi connectivity index (χ0v) is 11.2. The summed E-state index contributed by atoms with van der Waals surface area (Å²) in [5, 5.41) is 10.5. The van der Waals surface area contributed by atoms with Crippen LogP contribution in [0.5, 0.6) is 0 Å². The van der Waals surface area contributed by atoms with E-state index in [2.05, 4.69) is 15.5 Å². The summed E-state index contributed by atoms with van der Waals surface area (Å²) in [6, 6.07) is 4.97. The van der Waals surface area contributed by atoms with E-state index in [1.807, 2.05) is 0 Å². The molecule has 0 saturated heterocycles. The molecule has 0 aliphatic heterocycles. The molecule has 0 bridgehead atoms. The number of aryl methyl sites for hydroxylation is 2. The molecular formula is C15H13F2N3O. The van der Waals surface area contributed by atoms with Crippen molar-refractivity contribution in [3.8, 4) is 0 Å². The van der Waals surface area contributed by atoms with E-state index < -0.39 is 17.5 Å². The number of benzene rings is 1. The van der Waals surface area contributed by atoms with Crippen molar-refractivity contribution >= 4 is 5.91 Å². The maximum absolute atomic E-state index is 13.5. The van der Waals surface area contributed by atoms with E-state index >= 15 is 0 Å². The molecule has 1 N–H and O–H groups in total. The Kier molecular flexibility index (Phi) is 3.60. The second-order valence-electron chi connectivity index (χ2n) is 4.97. The maximum atomic E-state index is 13.5. The lowest BCUT2D eigenvalue weighted by molar-refractivity contribution is 0.0944. The van der Waals surface area contributed by atoms with E-state index in [9.17, 15) is 13.6 Å². The maximum Gasteiger partial charge on any atom is 0.272 e. The fourth-order valence-corrected chi connectivity index (χ4v) is 2.37. The first kappa shape index (κ1) is 13.6. The molecule has 0 unspecified atom stereocenters. The van der Waals surface area contributed by atoms with Crippen LogP contribution in [-0.4, -0.2) is 16.1 Å². The zero-order chi connectivity index (χ0) is 14.8. The van der Waals surface area contributed by atoms with Crippen LogP contribution in [0.4, 0.5) is 8.78 Å². The van der Waals surface area contributed by atoms with Crippen molar-refractivity contribution < 1.29 is 13.6 Å². The lowest BCUT2D eigenvalue weighted by Crippen LogP contribution is -2.25. The normalized spacial score (nSPS) is 13.0. The highest BCUT2D eigenvalue weighted by atomic mass is 19.1. The quantitative estimate of drug-likeness (QED) is 0.942. The van der Waals surface area contributed by atoms with Gasteiger partial charge in [-0.05, 0) is 37.0 Å². The smallest absolute Gasteiger partial charge is 0.272 e. The van der Waals surface area contributed by atoms with Gasteiger partial charge in [0, 0.05) is 18.2 Å². The van der Waals surface area contributed by atoms with E-state index in [-0.39, 0.29) is 17.8 Å². The first-order valence-corrected chi connectivity index (χ1v) is 6.71. The predicted octanol–water partition coefficient (Wildman–Crippen LogP) is 2.17. The van der Waals surface area contributed by atoms with Gasteiger partial charge in [0.1, 0.15) is 11.6 Å². The van der Waals surface area contributed by atoms with Gasteiger partial charge in [-0.1, -0.05) is 6.07 Å². The Labute approximate surface area is 120 Å². The highest BCUT2D eigenvalue weighted by molar-refractivity contribution is 5.92. The van der Waals surface area contributed by atoms with Gasteiger partial charge >= 0.3 is 0 Å². The molecule has 21 heavy (non-hydrogen) atoms. The Morgan fingerprint density at radius 3 is 2.86 bits per heavy atom. The minimum atomic E-state index is -0.685. The number of fused-ring (bicyclic) bond motifs is 1. The van der Waals surface area contributed by atoms with E-state index in [0.717, 1.165) is 42.7 Å². The first-order chi connectivity index (χ1) is 10.1. The van der Waals surface area contributed by atoms with Crippen molar-refractivity contribution in [3.05, 3.63) is 58.4 Å². The predicted molar refractivity (Wildman–Crippen MR) is 71.6 cm³/mol. The van der Waals surface area contributed by atoms with Gasteiger partial charge in [-0.2, -0.15) is 5.10 Å². The molecule has 1 heterocycles. The molecular weight excluding hydrogens is 276 g/mol. The number of hydrogen-bond donors (Lipinski definition) is 1. The Morgan fingerprint density at radius 2 is 2.05 bits per heavy atom. The Hall–Kier alpha value is -2.37. The van der Waals surface area contributed by atoms with Crippen LogP contribution >= 0.6 is 0 Å². The highest BCUT2D eigenvalue weighted by Gasteiger charge is 2.17. The topological polar surface area (TPSA) is 54.9 Å². The number of halogens is 2. The lowest BCUT2D eigenvalue weighted by atomic mass is 10.2. The van der Waals surface area contributed by atoms with Gasteiger partial charge in [0.2, 0.25) is 0 Å². The van der Waals surface area contributed by atoms with E-state index in [1.165, 1.54) is 6.07 Å². The molecule has 6 heteroatoms. The lowest BCUT2D eigenvalue weighted by Gasteiger charge is -2.06. The molecule has 2 aromatic rings. The molecule has 4 nitrogen and oxygen atoms in total. The van der Waals surface area contributed by atoms with Crippen LogP contribution in [0.15, 0.2) is 24.3 Å². The van der Waals surface area contributed by atoms with Crippen molar-refractivity contribution in [1.82, 2.24) is 15.5 Å². The molecule has 3 rings (SSSR count). The second kappa shape index (κ2) is 5.55. The van der Waals surface area contributed by atoms with Crippen molar-refractivity contribution in [3.63, 3.8) is 0 Å². The number of nitrogens with zero attached hydrogens (tertiary/aromatic N) is 2. The van der Waals surface area contributed by atoms with Gasteiger partial charge < -0.3 is 5.32 Å². The number of hydrogen-bond acceptors (Lipinski definition) is 3. The van der Waals surface area contributed by atoms with Crippen LogP contribution in [0.2, 0.25) is 0 Å². The SMILES string of the molecule is O=C(NCc1ccc(F)cc1F)c1cc2c(nn1)CCC2. The van der Waals surface area contributed by atoms with Crippen LogP contribution in [0, 0.1) is 11.6 Å². The third kappa shape index (κ3) is 2.89. The Morgan fingerprint density at radius 1 is 1.19 bits per heavy atom. The summed E-state index contributed by atoms with van der Waals surface area (Å²) in [7, 11) is 0. The molecule has 1 aliphatic rings. The molecule has 0 spiro atoms. The van der Waals surface area contributed by atoms with Crippen molar-refractivity contribution in [2.45, 2.75) is 25.8 Å². The summed E-state index contributed by atoms with van der Waals surface area (Å²) in [4.78, 5) is 12.0. The number of nitrogens with one attached hydrogen (secondary N) is 1. The van der Waals surface area contributed by atoms with E-state index in [4.69, 9.17) is 0 Å². The molecule has 0 atom stereocenters. The largest absolute Gasteiger partial charge is 0.346 e. The van der Waals surface area contributed by atoms with Gasteiger partial charge in [0.15, 0.2) is 5.69 Å². The summed E-state index contributed by atoms with van der Waals surface area (Å²) < 4.78 is 26.3. The average Bonchev–Trinajstić information content (AvgIpc) is 2.93. The number of carbonyl (C=O) groups excluding carboxylic acids is 1. The van der Waals surface area contributed by atoms with Crippen molar-refractivity contribution in [2.75, 3.05) is 0 Å². The summed E-state index contributed by atoms with van der Waals surface area (Å²) in [5.74, 6) is -1.75. The first-order valence-electron chi connectivity index (χ1n) is 6.71. The zero-order valence-electron chi connectivity index (χ0n) is 11.2. The highest BCUT2D eigenvalue weighted by Crippen LogP contribution is 2.19. The third-order valence-electron chi connectivity index (χ3n) is 3.51. The molecule has 0 saturated carbocycles. The Bertz CT molecular complexity index is 703. The molecule has 1 aromatic carbocycles. The van der Waals surface area contributed by atoms with E-state index in [0.29, 0.717) is 0 Å². The minimum Gasteiger partial charge on any atom is -0.346 e. The second-order valence-corrected chi connectivity index (χ2v) is 4.97. The van der Waals surface area contributed by atoms with Gasteiger partial charge in [-0.15, -0.1) is 5.10 Å². The van der Waals surface area contributed by atoms with Gasteiger partial charge in [-0.3, -0.25) is 4.79 Å². The van der Waals surface area contributed by atoms with Gasteiger partial charge in [0.25, 0.3) is 5.91 Å². The molecule has 108 valence electrons. The van der Waals surface area contributed by atoms with Crippen LogP contribution in [0.1, 0.15) is 33.7 Å². The van der Waals surface area contributed by atoms with Crippen molar-refractivity contribution in [1.29, 1.82) is 0 Å². The van der Waals surface area contributed by atoms with Crippen LogP contribution < -0.4 is 5.32 Å². The standard InChI is InChI=1S/C15H13F2N3O/c16-11-5-4-10(12(17)7-11)8-18-15(21)14-6-9-2-1-3-13(9)19-20-14/h4-7H,1-3,8H2,(H,18,21). The Balaban J connectivity index is 1.69. The number of carbonyl (C=O) groups is 1. The fourth-order valence-electron chi connectivity index (χ4n) is 2.37. The third-order valence-corrected chi connectivity index (χ3v) is 3.51. The van der Waals surface area contributed by atoms with Gasteiger partial charge in [0.05, 0.1) is 5.69 Å². The van der Waals surface area contributed by atoms with Crippen molar-refractivity contribution in [2.24, 2.45) is 0 Å². The van der Waals surface area contributed by atoms with Crippen LogP contribution in [0.3, 0.4) is 0 Å². The monoisotopic (exact) mass is 289 g/mol. The molecule has 0 radical (unpaired) electrons. The number of amides is 1. The molecule has 1 aromatic heterocycles. The van der Waals surface area contributed by atoms with Crippen LogP contribution in [-0.2, 0) is 19.4 Å². The number of rotatable bonds is 3. The molecule has 1 aliphatic carbocycles. The summed E-state index contributed by atoms with van der Waals surface area (Å²) in [6.07, 6.45) is 2.82. The molecule has 1 amide bonds. The van der Waals surface area contributed by atoms with E-state index in [1.54, 1.807) is 6.07 Å². The van der Waals surface area contributed by atoms with Crippen LogP contribution in [0.25, 0.3) is 0 Å². The average molecular weight is 289 g/mol. The van der Waals surface area contributed by atoms with Gasteiger partial charge in [-0.25, -0.2) is 8.78 Å². The fraction of sp³-hybridized carbons (Fsp3) is 0.267. The number of aromatic nitrogens is 2.